The fourth-order valence-electron chi connectivity index (χ4n) is 5.21. The second-order valence-electron chi connectivity index (χ2n) is 10.0. The number of carbonyl (C=O) groups excluding carboxylic acids is 2. The van der Waals surface area contributed by atoms with E-state index in [1.54, 1.807) is 11.2 Å². The van der Waals surface area contributed by atoms with Crippen molar-refractivity contribution in [3.05, 3.63) is 87.6 Å². The highest BCUT2D eigenvalue weighted by Crippen LogP contribution is 2.32. The highest BCUT2D eigenvalue weighted by atomic mass is 16.4. The largest absolute Gasteiger partial charge is 0.464 e. The van der Waals surface area contributed by atoms with Crippen LogP contribution in [0.15, 0.2) is 56.6 Å². The van der Waals surface area contributed by atoms with Crippen LogP contribution in [0.25, 0.3) is 11.0 Å². The maximum absolute atomic E-state index is 13.5. The normalized spacial score (nSPS) is 14.1. The van der Waals surface area contributed by atoms with Gasteiger partial charge in [0.1, 0.15) is 11.3 Å². The third kappa shape index (κ3) is 4.64. The number of hydrogen-bond donors (Lipinski definition) is 1. The number of hydrogen-bond acceptors (Lipinski definition) is 5. The van der Waals surface area contributed by atoms with E-state index in [1.165, 1.54) is 0 Å². The van der Waals surface area contributed by atoms with Gasteiger partial charge in [-0.2, -0.15) is 5.10 Å². The molecule has 2 aromatic carbocycles. The molecular weight excluding hydrogens is 478 g/mol. The molecule has 38 heavy (non-hydrogen) atoms. The Kier molecular flexibility index (Phi) is 6.93. The Morgan fingerprint density at radius 3 is 2.63 bits per heavy atom. The minimum Gasteiger partial charge on any atom is -0.464 e. The van der Waals surface area contributed by atoms with Crippen LogP contribution in [-0.4, -0.2) is 24.1 Å². The van der Waals surface area contributed by atoms with E-state index in [0.29, 0.717) is 18.7 Å². The molecule has 1 N–H and O–H groups in total. The van der Waals surface area contributed by atoms with Crippen molar-refractivity contribution in [3.8, 4) is 0 Å². The average molecular weight is 512 g/mol. The first kappa shape index (κ1) is 25.5. The van der Waals surface area contributed by atoms with Crippen molar-refractivity contribution in [1.29, 1.82) is 0 Å². The van der Waals surface area contributed by atoms with E-state index in [2.05, 4.69) is 10.5 Å². The van der Waals surface area contributed by atoms with Crippen LogP contribution in [0.2, 0.25) is 0 Å². The number of nitrogens with one attached hydrogen (secondary N) is 1. The van der Waals surface area contributed by atoms with E-state index < -0.39 is 0 Å². The molecule has 7 nitrogen and oxygen atoms in total. The van der Waals surface area contributed by atoms with Crippen LogP contribution < -0.4 is 10.3 Å². The number of hydrazone groups is 1. The van der Waals surface area contributed by atoms with Gasteiger partial charge in [0.15, 0.2) is 5.76 Å². The molecule has 4 aromatic rings. The molecule has 1 aliphatic carbocycles. The van der Waals surface area contributed by atoms with Crippen molar-refractivity contribution < 1.29 is 18.4 Å². The van der Waals surface area contributed by atoms with Gasteiger partial charge in [-0.05, 0) is 76.3 Å². The van der Waals surface area contributed by atoms with Crippen molar-refractivity contribution >= 4 is 34.2 Å². The minimum absolute atomic E-state index is 0.162. The van der Waals surface area contributed by atoms with Gasteiger partial charge in [-0.1, -0.05) is 24.3 Å². The molecule has 5 rings (SSSR count). The molecule has 0 atom stereocenters. The highest BCUT2D eigenvalue weighted by Gasteiger charge is 2.30. The van der Waals surface area contributed by atoms with Crippen molar-refractivity contribution in [2.45, 2.75) is 60.3 Å². The molecule has 0 unspecified atom stereocenters. The molecule has 0 aliphatic heterocycles. The fourth-order valence-corrected chi connectivity index (χ4v) is 5.21. The Hall–Kier alpha value is -4.13. The molecule has 0 spiro atoms. The number of benzene rings is 2. The summed E-state index contributed by atoms with van der Waals surface area (Å²) in [6, 6.07) is 11.9. The van der Waals surface area contributed by atoms with E-state index in [4.69, 9.17) is 8.83 Å². The quantitative estimate of drug-likeness (QED) is 0.307. The molecule has 0 radical (unpaired) electrons. The Balaban J connectivity index is 1.37. The van der Waals surface area contributed by atoms with Crippen molar-refractivity contribution in [2.24, 2.45) is 5.10 Å². The SMILES string of the molecule is CCN(C(=O)c1oc2c(c1C)/C(=N/NC(=O)Cc1coc3c(C)c(C)ccc13)CCC2)c1cccc(C)c1. The van der Waals surface area contributed by atoms with Gasteiger partial charge in [0, 0.05) is 40.7 Å². The molecule has 7 heteroatoms. The number of amides is 2. The number of rotatable bonds is 6. The minimum atomic E-state index is -0.223. The van der Waals surface area contributed by atoms with Gasteiger partial charge < -0.3 is 13.7 Å². The van der Waals surface area contributed by atoms with Crippen molar-refractivity contribution in [2.75, 3.05) is 11.4 Å². The van der Waals surface area contributed by atoms with Crippen LogP contribution in [0.4, 0.5) is 5.69 Å². The lowest BCUT2D eigenvalue weighted by atomic mass is 9.93. The summed E-state index contributed by atoms with van der Waals surface area (Å²) in [5, 5.41) is 5.43. The number of carbonyl (C=O) groups is 2. The molecule has 2 heterocycles. The third-order valence-electron chi connectivity index (χ3n) is 7.40. The summed E-state index contributed by atoms with van der Waals surface area (Å²) in [4.78, 5) is 28.1. The van der Waals surface area contributed by atoms with Crippen molar-refractivity contribution in [1.82, 2.24) is 5.43 Å². The Bertz CT molecular complexity index is 1570. The molecule has 2 aromatic heterocycles. The second-order valence-corrected chi connectivity index (χ2v) is 10.0. The van der Waals surface area contributed by atoms with Crippen LogP contribution in [-0.2, 0) is 17.6 Å². The average Bonchev–Trinajstić information content (AvgIpc) is 3.47. The highest BCUT2D eigenvalue weighted by molar-refractivity contribution is 6.10. The summed E-state index contributed by atoms with van der Waals surface area (Å²) in [6.07, 6.45) is 4.07. The van der Waals surface area contributed by atoms with E-state index in [-0.39, 0.29) is 18.2 Å². The predicted octanol–water partition coefficient (Wildman–Crippen LogP) is 6.33. The zero-order valence-corrected chi connectivity index (χ0v) is 22.6. The van der Waals surface area contributed by atoms with Crippen LogP contribution in [0.3, 0.4) is 0 Å². The van der Waals surface area contributed by atoms with E-state index in [9.17, 15) is 9.59 Å². The molecule has 2 amide bonds. The van der Waals surface area contributed by atoms with E-state index in [1.807, 2.05) is 71.0 Å². The van der Waals surface area contributed by atoms with Gasteiger partial charge in [-0.15, -0.1) is 0 Å². The first-order valence-electron chi connectivity index (χ1n) is 13.1. The smallest absolute Gasteiger partial charge is 0.294 e. The number of nitrogens with zero attached hydrogens (tertiary/aromatic N) is 2. The van der Waals surface area contributed by atoms with Gasteiger partial charge in [-0.25, -0.2) is 5.43 Å². The molecular formula is C31H33N3O4. The fraction of sp³-hybridized carbons (Fsp3) is 0.323. The van der Waals surface area contributed by atoms with Crippen LogP contribution in [0, 0.1) is 27.7 Å². The van der Waals surface area contributed by atoms with Gasteiger partial charge in [0.2, 0.25) is 5.91 Å². The Morgan fingerprint density at radius 1 is 1.05 bits per heavy atom. The summed E-state index contributed by atoms with van der Waals surface area (Å²) in [5.41, 5.74) is 10.8. The number of aryl methyl sites for hydroxylation is 4. The standard InChI is InChI=1S/C31H33N3O4/c1-6-34(23-10-7-9-18(2)15-23)31(36)30-21(5)28-25(11-8-12-26(28)38-30)32-33-27(35)16-22-17-37-29-20(4)19(3)13-14-24(22)29/h7,9-10,13-15,17H,6,8,11-12,16H2,1-5H3,(H,33,35)/b32-25+. The maximum atomic E-state index is 13.5. The summed E-state index contributed by atoms with van der Waals surface area (Å²) < 4.78 is 11.9. The monoisotopic (exact) mass is 511 g/mol. The molecule has 0 bridgehead atoms. The lowest BCUT2D eigenvalue weighted by Crippen LogP contribution is -2.31. The van der Waals surface area contributed by atoms with Crippen molar-refractivity contribution in [3.63, 3.8) is 0 Å². The third-order valence-corrected chi connectivity index (χ3v) is 7.40. The summed E-state index contributed by atoms with van der Waals surface area (Å²) in [7, 11) is 0. The van der Waals surface area contributed by atoms with Gasteiger partial charge in [0.05, 0.1) is 18.4 Å². The maximum Gasteiger partial charge on any atom is 0.294 e. The van der Waals surface area contributed by atoms with Crippen LogP contribution in [0.1, 0.15) is 69.5 Å². The van der Waals surface area contributed by atoms with E-state index in [0.717, 1.165) is 74.4 Å². The summed E-state index contributed by atoms with van der Waals surface area (Å²) in [5.74, 6) is 0.678. The first-order chi connectivity index (χ1) is 18.3. The van der Waals surface area contributed by atoms with Gasteiger partial charge >= 0.3 is 0 Å². The molecule has 0 saturated carbocycles. The first-order valence-corrected chi connectivity index (χ1v) is 13.1. The molecule has 1 aliphatic rings. The van der Waals surface area contributed by atoms with Crippen LogP contribution >= 0.6 is 0 Å². The molecule has 0 fully saturated rings. The zero-order valence-electron chi connectivity index (χ0n) is 22.6. The van der Waals surface area contributed by atoms with Gasteiger partial charge in [-0.3, -0.25) is 9.59 Å². The number of anilines is 1. The predicted molar refractivity (Wildman–Crippen MR) is 149 cm³/mol. The van der Waals surface area contributed by atoms with Gasteiger partial charge in [0.25, 0.3) is 5.91 Å². The molecule has 0 saturated heterocycles. The topological polar surface area (TPSA) is 88.0 Å². The molecule has 196 valence electrons. The summed E-state index contributed by atoms with van der Waals surface area (Å²) >= 11 is 0. The number of fused-ring (bicyclic) bond motifs is 2. The summed E-state index contributed by atoms with van der Waals surface area (Å²) in [6.45, 7) is 10.4. The second kappa shape index (κ2) is 10.3. The zero-order chi connectivity index (χ0) is 27.0. The van der Waals surface area contributed by atoms with E-state index >= 15 is 0 Å². The Labute approximate surface area is 222 Å². The Morgan fingerprint density at radius 2 is 1.87 bits per heavy atom. The number of furan rings is 2. The lowest BCUT2D eigenvalue weighted by Gasteiger charge is -2.20. The lowest BCUT2D eigenvalue weighted by molar-refractivity contribution is -0.120. The van der Waals surface area contributed by atoms with Crippen LogP contribution in [0.5, 0.6) is 0 Å².